The molecule has 0 aliphatic heterocycles. The van der Waals surface area contributed by atoms with Crippen LogP contribution in [-0.4, -0.2) is 40.3 Å². The minimum atomic E-state index is -0.308. The summed E-state index contributed by atoms with van der Waals surface area (Å²) in [5, 5.41) is 2.23. The van der Waals surface area contributed by atoms with E-state index in [9.17, 15) is 9.18 Å². The number of hydrogen-bond donors (Lipinski definition) is 1. The average Bonchev–Trinajstić information content (AvgIpc) is 2.84. The Hall–Kier alpha value is -1.86. The number of carbonyl (C=O) groups is 1. The van der Waals surface area contributed by atoms with E-state index in [1.807, 2.05) is 0 Å². The van der Waals surface area contributed by atoms with Crippen LogP contribution in [-0.2, 0) is 4.79 Å². The standard InChI is InChI=1S/C13H15FN4OS/c1-17(2)16-12(19)9-20-13-15-6-7-18(13)11-5-3-4-10(14)8-11/h3-8H,9H2,1-2H3,(H,16,19). The first-order chi connectivity index (χ1) is 9.56. The molecule has 5 nitrogen and oxygen atoms in total. The number of benzene rings is 1. The van der Waals surface area contributed by atoms with Gasteiger partial charge in [0.2, 0.25) is 5.91 Å². The summed E-state index contributed by atoms with van der Waals surface area (Å²) in [7, 11) is 3.49. The van der Waals surface area contributed by atoms with E-state index >= 15 is 0 Å². The molecule has 0 radical (unpaired) electrons. The van der Waals surface area contributed by atoms with E-state index in [2.05, 4.69) is 10.4 Å². The summed E-state index contributed by atoms with van der Waals surface area (Å²) >= 11 is 1.30. The number of halogens is 1. The summed E-state index contributed by atoms with van der Waals surface area (Å²) in [5.41, 5.74) is 3.33. The van der Waals surface area contributed by atoms with Gasteiger partial charge in [0.1, 0.15) is 5.82 Å². The Kier molecular flexibility index (Phi) is 4.75. The molecule has 0 aliphatic rings. The highest BCUT2D eigenvalue weighted by atomic mass is 32.2. The zero-order valence-corrected chi connectivity index (χ0v) is 12.0. The third kappa shape index (κ3) is 3.82. The van der Waals surface area contributed by atoms with E-state index in [-0.39, 0.29) is 17.5 Å². The largest absolute Gasteiger partial charge is 0.295 e. The molecule has 106 valence electrons. The Balaban J connectivity index is 2.08. The lowest BCUT2D eigenvalue weighted by atomic mass is 10.3. The Morgan fingerprint density at radius 1 is 1.50 bits per heavy atom. The Morgan fingerprint density at radius 3 is 3.00 bits per heavy atom. The van der Waals surface area contributed by atoms with Crippen molar-refractivity contribution in [3.8, 4) is 5.69 Å². The number of amides is 1. The highest BCUT2D eigenvalue weighted by molar-refractivity contribution is 7.99. The lowest BCUT2D eigenvalue weighted by molar-refractivity contribution is -0.122. The van der Waals surface area contributed by atoms with Crippen LogP contribution < -0.4 is 5.43 Å². The zero-order valence-electron chi connectivity index (χ0n) is 11.2. The molecular formula is C13H15FN4OS. The van der Waals surface area contributed by atoms with Crippen LogP contribution in [0.4, 0.5) is 4.39 Å². The van der Waals surface area contributed by atoms with Crippen molar-refractivity contribution < 1.29 is 9.18 Å². The monoisotopic (exact) mass is 294 g/mol. The van der Waals surface area contributed by atoms with Crippen LogP contribution in [0.5, 0.6) is 0 Å². The molecule has 0 unspecified atom stereocenters. The van der Waals surface area contributed by atoms with Gasteiger partial charge in [0.25, 0.3) is 0 Å². The first kappa shape index (κ1) is 14.5. The summed E-state index contributed by atoms with van der Waals surface area (Å²) in [6, 6.07) is 6.23. The van der Waals surface area contributed by atoms with Gasteiger partial charge in [-0.1, -0.05) is 17.8 Å². The van der Waals surface area contributed by atoms with Crippen molar-refractivity contribution in [3.05, 3.63) is 42.5 Å². The maximum Gasteiger partial charge on any atom is 0.244 e. The lowest BCUT2D eigenvalue weighted by Crippen LogP contribution is -2.37. The van der Waals surface area contributed by atoms with E-state index in [4.69, 9.17) is 0 Å². The van der Waals surface area contributed by atoms with E-state index in [0.717, 1.165) is 0 Å². The van der Waals surface area contributed by atoms with Gasteiger partial charge < -0.3 is 0 Å². The molecule has 1 aromatic carbocycles. The zero-order chi connectivity index (χ0) is 14.5. The summed E-state index contributed by atoms with van der Waals surface area (Å²) in [4.78, 5) is 15.8. The highest BCUT2D eigenvalue weighted by Crippen LogP contribution is 2.20. The minimum absolute atomic E-state index is 0.117. The van der Waals surface area contributed by atoms with Crippen molar-refractivity contribution in [3.63, 3.8) is 0 Å². The Bertz CT molecular complexity index is 600. The number of aromatic nitrogens is 2. The Labute approximate surface area is 120 Å². The molecule has 1 heterocycles. The lowest BCUT2D eigenvalue weighted by Gasteiger charge is -2.11. The third-order valence-corrected chi connectivity index (χ3v) is 3.34. The maximum absolute atomic E-state index is 13.2. The topological polar surface area (TPSA) is 50.2 Å². The molecule has 1 aromatic heterocycles. The summed E-state index contributed by atoms with van der Waals surface area (Å²) in [6.45, 7) is 0. The predicted molar refractivity (Wildman–Crippen MR) is 76.1 cm³/mol. The molecule has 0 saturated carbocycles. The van der Waals surface area contributed by atoms with Crippen molar-refractivity contribution in [2.45, 2.75) is 5.16 Å². The number of hydrazine groups is 1. The van der Waals surface area contributed by atoms with Gasteiger partial charge >= 0.3 is 0 Å². The SMILES string of the molecule is CN(C)NC(=O)CSc1nccn1-c1cccc(F)c1. The second-order valence-electron chi connectivity index (χ2n) is 4.28. The molecule has 0 saturated heterocycles. The third-order valence-electron chi connectivity index (χ3n) is 2.37. The van der Waals surface area contributed by atoms with E-state index in [1.165, 1.54) is 23.9 Å². The van der Waals surface area contributed by atoms with E-state index < -0.39 is 0 Å². The van der Waals surface area contributed by atoms with Crippen molar-refractivity contribution in [1.82, 2.24) is 20.0 Å². The molecule has 0 bridgehead atoms. The minimum Gasteiger partial charge on any atom is -0.295 e. The van der Waals surface area contributed by atoms with Crippen LogP contribution >= 0.6 is 11.8 Å². The smallest absolute Gasteiger partial charge is 0.244 e. The van der Waals surface area contributed by atoms with Gasteiger partial charge in [-0.25, -0.2) is 14.4 Å². The number of nitrogens with one attached hydrogen (secondary N) is 1. The summed E-state index contributed by atoms with van der Waals surface area (Å²) < 4.78 is 15.0. The van der Waals surface area contributed by atoms with Crippen LogP contribution in [0.15, 0.2) is 41.8 Å². The van der Waals surface area contributed by atoms with Crippen LogP contribution in [0, 0.1) is 5.82 Å². The predicted octanol–water partition coefficient (Wildman–Crippen LogP) is 1.70. The maximum atomic E-state index is 13.2. The highest BCUT2D eigenvalue weighted by Gasteiger charge is 2.09. The van der Waals surface area contributed by atoms with Crippen molar-refractivity contribution in [2.75, 3.05) is 19.8 Å². The molecule has 2 aromatic rings. The van der Waals surface area contributed by atoms with Crippen LogP contribution in [0.1, 0.15) is 0 Å². The molecule has 7 heteroatoms. The molecule has 20 heavy (non-hydrogen) atoms. The van der Waals surface area contributed by atoms with Gasteiger partial charge in [-0.05, 0) is 18.2 Å². The van der Waals surface area contributed by atoms with Gasteiger partial charge in [-0.2, -0.15) is 0 Å². The number of hydrogen-bond acceptors (Lipinski definition) is 4. The number of rotatable bonds is 5. The molecule has 0 fully saturated rings. The summed E-state index contributed by atoms with van der Waals surface area (Å²) in [6.07, 6.45) is 3.36. The fraction of sp³-hybridized carbons (Fsp3) is 0.231. The van der Waals surface area contributed by atoms with Gasteiger partial charge in [0.15, 0.2) is 5.16 Å². The fourth-order valence-electron chi connectivity index (χ4n) is 1.63. The summed E-state index contributed by atoms with van der Waals surface area (Å²) in [5.74, 6) is -0.184. The second kappa shape index (κ2) is 6.53. The number of imidazole rings is 1. The van der Waals surface area contributed by atoms with Crippen molar-refractivity contribution in [2.24, 2.45) is 0 Å². The van der Waals surface area contributed by atoms with Crippen molar-refractivity contribution in [1.29, 1.82) is 0 Å². The molecule has 2 rings (SSSR count). The van der Waals surface area contributed by atoms with E-state index in [1.54, 1.807) is 48.2 Å². The molecule has 1 amide bonds. The first-order valence-electron chi connectivity index (χ1n) is 5.95. The van der Waals surface area contributed by atoms with Crippen LogP contribution in [0.25, 0.3) is 5.69 Å². The second-order valence-corrected chi connectivity index (χ2v) is 5.22. The molecular weight excluding hydrogens is 279 g/mol. The van der Waals surface area contributed by atoms with Gasteiger partial charge in [-0.3, -0.25) is 14.8 Å². The first-order valence-corrected chi connectivity index (χ1v) is 6.94. The Morgan fingerprint density at radius 2 is 2.30 bits per heavy atom. The number of carbonyl (C=O) groups excluding carboxylic acids is 1. The van der Waals surface area contributed by atoms with Gasteiger partial charge in [0, 0.05) is 26.5 Å². The molecule has 0 aliphatic carbocycles. The number of thioether (sulfide) groups is 1. The van der Waals surface area contributed by atoms with Crippen LogP contribution in [0.2, 0.25) is 0 Å². The van der Waals surface area contributed by atoms with Crippen LogP contribution in [0.3, 0.4) is 0 Å². The molecule has 0 spiro atoms. The fourth-order valence-corrected chi connectivity index (χ4v) is 2.40. The number of nitrogens with zero attached hydrogens (tertiary/aromatic N) is 3. The molecule has 1 N–H and O–H groups in total. The van der Waals surface area contributed by atoms with Gasteiger partial charge in [-0.15, -0.1) is 0 Å². The average molecular weight is 294 g/mol. The normalized spacial score (nSPS) is 10.8. The quantitative estimate of drug-likeness (QED) is 0.673. The van der Waals surface area contributed by atoms with E-state index in [0.29, 0.717) is 10.8 Å². The van der Waals surface area contributed by atoms with Gasteiger partial charge in [0.05, 0.1) is 11.4 Å². The molecule has 0 atom stereocenters. The van der Waals surface area contributed by atoms with Crippen molar-refractivity contribution >= 4 is 17.7 Å².